The Balaban J connectivity index is 3.67. The van der Waals surface area contributed by atoms with E-state index in [1.807, 2.05) is 18.9 Å². The highest BCUT2D eigenvalue weighted by Crippen LogP contribution is 1.99. The monoisotopic (exact) mass is 207 g/mol. The predicted octanol–water partition coefficient (Wildman–Crippen LogP) is 1.07. The SMILES string of the molecule is COCC(O)CN(C)CC(C)=CCl. The first-order valence-corrected chi connectivity index (χ1v) is 4.65. The minimum absolute atomic E-state index is 0.369. The van der Waals surface area contributed by atoms with Crippen molar-refractivity contribution in [2.45, 2.75) is 13.0 Å². The van der Waals surface area contributed by atoms with Gasteiger partial charge in [-0.05, 0) is 19.5 Å². The molecule has 0 amide bonds. The molecular formula is C9H18ClNO2. The summed E-state index contributed by atoms with van der Waals surface area (Å²) in [5.74, 6) is 0. The van der Waals surface area contributed by atoms with Gasteiger partial charge in [-0.25, -0.2) is 0 Å². The number of aliphatic hydroxyl groups is 1. The largest absolute Gasteiger partial charge is 0.389 e. The van der Waals surface area contributed by atoms with Crippen molar-refractivity contribution in [3.8, 4) is 0 Å². The van der Waals surface area contributed by atoms with Crippen molar-refractivity contribution in [3.63, 3.8) is 0 Å². The van der Waals surface area contributed by atoms with Gasteiger partial charge in [-0.15, -0.1) is 0 Å². The Morgan fingerprint density at radius 1 is 1.69 bits per heavy atom. The van der Waals surface area contributed by atoms with E-state index in [0.29, 0.717) is 13.2 Å². The maximum absolute atomic E-state index is 9.39. The molecule has 0 aliphatic rings. The Bertz CT molecular complexity index is 162. The summed E-state index contributed by atoms with van der Waals surface area (Å²) < 4.78 is 4.82. The number of aliphatic hydroxyl groups excluding tert-OH is 1. The van der Waals surface area contributed by atoms with Gasteiger partial charge in [0.15, 0.2) is 0 Å². The molecule has 4 heteroatoms. The fourth-order valence-corrected chi connectivity index (χ4v) is 1.20. The average Bonchev–Trinajstić information content (AvgIpc) is 2.04. The molecule has 0 saturated carbocycles. The number of ether oxygens (including phenoxy) is 1. The Morgan fingerprint density at radius 2 is 2.31 bits per heavy atom. The van der Waals surface area contributed by atoms with Crippen molar-refractivity contribution in [1.82, 2.24) is 4.90 Å². The number of likely N-dealkylation sites (N-methyl/N-ethyl adjacent to an activating group) is 1. The second-order valence-corrected chi connectivity index (χ2v) is 3.48. The summed E-state index contributed by atoms with van der Waals surface area (Å²) >= 11 is 5.52. The molecule has 1 unspecified atom stereocenters. The quantitative estimate of drug-likeness (QED) is 0.708. The zero-order chi connectivity index (χ0) is 10.3. The molecule has 13 heavy (non-hydrogen) atoms. The molecular weight excluding hydrogens is 190 g/mol. The Morgan fingerprint density at radius 3 is 2.77 bits per heavy atom. The van der Waals surface area contributed by atoms with Crippen LogP contribution < -0.4 is 0 Å². The van der Waals surface area contributed by atoms with Crippen LogP contribution in [0.2, 0.25) is 0 Å². The number of rotatable bonds is 6. The summed E-state index contributed by atoms with van der Waals surface area (Å²) in [6, 6.07) is 0. The molecule has 78 valence electrons. The molecule has 1 atom stereocenters. The number of methoxy groups -OCH3 is 1. The zero-order valence-electron chi connectivity index (χ0n) is 8.46. The van der Waals surface area contributed by atoms with Gasteiger partial charge in [0, 0.05) is 25.7 Å². The van der Waals surface area contributed by atoms with Gasteiger partial charge in [-0.2, -0.15) is 0 Å². The van der Waals surface area contributed by atoms with E-state index in [2.05, 4.69) is 0 Å². The highest BCUT2D eigenvalue weighted by Gasteiger charge is 2.07. The van der Waals surface area contributed by atoms with Gasteiger partial charge < -0.3 is 9.84 Å². The number of halogens is 1. The minimum atomic E-state index is -0.432. The van der Waals surface area contributed by atoms with Crippen LogP contribution in [-0.2, 0) is 4.74 Å². The highest BCUT2D eigenvalue weighted by atomic mass is 35.5. The Labute approximate surface area is 84.9 Å². The summed E-state index contributed by atoms with van der Waals surface area (Å²) in [7, 11) is 3.51. The molecule has 0 heterocycles. The third kappa shape index (κ3) is 7.02. The van der Waals surface area contributed by atoms with Crippen LogP contribution in [-0.4, -0.2) is 50.0 Å². The van der Waals surface area contributed by atoms with E-state index in [9.17, 15) is 5.11 Å². The van der Waals surface area contributed by atoms with Gasteiger partial charge >= 0.3 is 0 Å². The van der Waals surface area contributed by atoms with Crippen molar-refractivity contribution >= 4 is 11.6 Å². The van der Waals surface area contributed by atoms with Crippen molar-refractivity contribution in [2.24, 2.45) is 0 Å². The molecule has 0 aromatic carbocycles. The maximum Gasteiger partial charge on any atom is 0.0900 e. The van der Waals surface area contributed by atoms with Crippen LogP contribution in [0, 0.1) is 0 Å². The van der Waals surface area contributed by atoms with Crippen molar-refractivity contribution < 1.29 is 9.84 Å². The fraction of sp³-hybridized carbons (Fsp3) is 0.778. The first-order chi connectivity index (χ1) is 6.10. The summed E-state index contributed by atoms with van der Waals surface area (Å²) in [6.45, 7) is 3.68. The van der Waals surface area contributed by atoms with Gasteiger partial charge in [0.05, 0.1) is 12.7 Å². The van der Waals surface area contributed by atoms with Crippen LogP contribution >= 0.6 is 11.6 Å². The molecule has 0 aliphatic carbocycles. The first kappa shape index (κ1) is 12.9. The van der Waals surface area contributed by atoms with Crippen LogP contribution in [0.25, 0.3) is 0 Å². The molecule has 0 bridgehead atoms. The lowest BCUT2D eigenvalue weighted by molar-refractivity contribution is 0.0450. The van der Waals surface area contributed by atoms with Crippen LogP contribution in [0.1, 0.15) is 6.92 Å². The molecule has 0 saturated heterocycles. The first-order valence-electron chi connectivity index (χ1n) is 4.21. The summed E-state index contributed by atoms with van der Waals surface area (Å²) in [6.07, 6.45) is -0.432. The summed E-state index contributed by atoms with van der Waals surface area (Å²) in [4.78, 5) is 2.00. The topological polar surface area (TPSA) is 32.7 Å². The van der Waals surface area contributed by atoms with E-state index >= 15 is 0 Å². The summed E-state index contributed by atoms with van der Waals surface area (Å²) in [5, 5.41) is 9.39. The normalized spacial score (nSPS) is 15.1. The lowest BCUT2D eigenvalue weighted by atomic mass is 10.3. The second kappa shape index (κ2) is 7.33. The van der Waals surface area contributed by atoms with E-state index < -0.39 is 6.10 Å². The third-order valence-electron chi connectivity index (χ3n) is 1.59. The minimum Gasteiger partial charge on any atom is -0.389 e. The molecule has 0 aromatic heterocycles. The standard InChI is InChI=1S/C9H18ClNO2/c1-8(4-10)5-11(2)6-9(12)7-13-3/h4,9,12H,5-7H2,1-3H3. The number of hydrogen-bond donors (Lipinski definition) is 1. The van der Waals surface area contributed by atoms with E-state index in [0.717, 1.165) is 12.1 Å². The molecule has 0 spiro atoms. The van der Waals surface area contributed by atoms with E-state index in [-0.39, 0.29) is 0 Å². The van der Waals surface area contributed by atoms with Gasteiger partial charge in [-0.1, -0.05) is 11.6 Å². The average molecular weight is 208 g/mol. The fourth-order valence-electron chi connectivity index (χ4n) is 1.13. The number of hydrogen-bond acceptors (Lipinski definition) is 3. The van der Waals surface area contributed by atoms with Gasteiger partial charge in [0.25, 0.3) is 0 Å². The van der Waals surface area contributed by atoms with Crippen molar-refractivity contribution in [1.29, 1.82) is 0 Å². The van der Waals surface area contributed by atoms with Crippen molar-refractivity contribution in [3.05, 3.63) is 11.1 Å². The molecule has 0 aromatic rings. The Hall–Kier alpha value is -0.0900. The van der Waals surface area contributed by atoms with E-state index in [4.69, 9.17) is 16.3 Å². The predicted molar refractivity (Wildman–Crippen MR) is 55.0 cm³/mol. The van der Waals surface area contributed by atoms with Crippen LogP contribution in [0.4, 0.5) is 0 Å². The van der Waals surface area contributed by atoms with E-state index in [1.54, 1.807) is 12.6 Å². The van der Waals surface area contributed by atoms with Crippen molar-refractivity contribution in [2.75, 3.05) is 33.9 Å². The molecule has 3 nitrogen and oxygen atoms in total. The highest BCUT2D eigenvalue weighted by molar-refractivity contribution is 6.25. The lowest BCUT2D eigenvalue weighted by Gasteiger charge is -2.19. The molecule has 0 fully saturated rings. The Kier molecular flexibility index (Phi) is 7.28. The maximum atomic E-state index is 9.39. The molecule has 0 aliphatic heterocycles. The molecule has 0 radical (unpaired) electrons. The molecule has 0 rings (SSSR count). The van der Waals surface area contributed by atoms with Crippen LogP contribution in [0.3, 0.4) is 0 Å². The van der Waals surface area contributed by atoms with Gasteiger partial charge in [0.1, 0.15) is 0 Å². The number of nitrogens with zero attached hydrogens (tertiary/aromatic N) is 1. The third-order valence-corrected chi connectivity index (χ3v) is 1.96. The van der Waals surface area contributed by atoms with E-state index in [1.165, 1.54) is 0 Å². The zero-order valence-corrected chi connectivity index (χ0v) is 9.21. The molecule has 1 N–H and O–H groups in total. The second-order valence-electron chi connectivity index (χ2n) is 3.26. The smallest absolute Gasteiger partial charge is 0.0900 e. The summed E-state index contributed by atoms with van der Waals surface area (Å²) in [5.41, 5.74) is 2.63. The van der Waals surface area contributed by atoms with Gasteiger partial charge in [-0.3, -0.25) is 4.90 Å². The lowest BCUT2D eigenvalue weighted by Crippen LogP contribution is -2.32. The van der Waals surface area contributed by atoms with Crippen LogP contribution in [0.5, 0.6) is 0 Å². The van der Waals surface area contributed by atoms with Gasteiger partial charge in [0.2, 0.25) is 0 Å². The van der Waals surface area contributed by atoms with Crippen LogP contribution in [0.15, 0.2) is 11.1 Å².